The van der Waals surface area contributed by atoms with Crippen LogP contribution in [0.15, 0.2) is 47.4 Å². The molecule has 0 saturated carbocycles. The third-order valence-electron chi connectivity index (χ3n) is 5.78. The van der Waals surface area contributed by atoms with Crippen molar-refractivity contribution in [1.29, 1.82) is 5.26 Å². The van der Waals surface area contributed by atoms with E-state index in [-0.39, 0.29) is 27.8 Å². The predicted molar refractivity (Wildman–Crippen MR) is 128 cm³/mol. The molecule has 1 aromatic heterocycles. The van der Waals surface area contributed by atoms with Crippen molar-refractivity contribution in [3.8, 4) is 6.07 Å². The molecule has 11 heteroatoms. The lowest BCUT2D eigenvalue weighted by molar-refractivity contribution is 0.0953. The number of hydrogen-bond acceptors (Lipinski definition) is 6. The van der Waals surface area contributed by atoms with Crippen molar-refractivity contribution in [3.63, 3.8) is 0 Å². The standard InChI is InChI=1S/C23H23ClN6O3S/c24-19-8-7-16(23(31)27-10-3-6-20-18(13-25)22(26)29-28-20)12-21(19)34(32,33)30-11-9-15-4-1-2-5-17(15)14-30/h1-2,4-5,7-8,12H,3,6,9-11,14H2,(H,27,31)(H3,26,28,29). The van der Waals surface area contributed by atoms with Gasteiger partial charge in [0.05, 0.1) is 10.7 Å². The van der Waals surface area contributed by atoms with Crippen LogP contribution in [0.4, 0.5) is 5.82 Å². The highest BCUT2D eigenvalue weighted by Crippen LogP contribution is 2.29. The van der Waals surface area contributed by atoms with Crippen molar-refractivity contribution in [2.24, 2.45) is 0 Å². The molecular weight excluding hydrogens is 476 g/mol. The molecule has 0 atom stereocenters. The van der Waals surface area contributed by atoms with Crippen LogP contribution in [0.3, 0.4) is 0 Å². The number of halogens is 1. The van der Waals surface area contributed by atoms with Gasteiger partial charge < -0.3 is 11.1 Å². The Hall–Kier alpha value is -3.39. The molecule has 0 fully saturated rings. The molecule has 1 aliphatic rings. The average molecular weight is 499 g/mol. The Balaban J connectivity index is 1.43. The fourth-order valence-corrected chi connectivity index (χ4v) is 5.84. The number of H-pyrrole nitrogens is 1. The third-order valence-corrected chi connectivity index (χ3v) is 8.10. The second-order valence-electron chi connectivity index (χ2n) is 7.94. The van der Waals surface area contributed by atoms with Crippen LogP contribution in [0.2, 0.25) is 5.02 Å². The molecule has 1 aliphatic heterocycles. The second-order valence-corrected chi connectivity index (χ2v) is 10.2. The fraction of sp³-hybridized carbons (Fsp3) is 0.261. The van der Waals surface area contributed by atoms with E-state index in [2.05, 4.69) is 15.5 Å². The highest BCUT2D eigenvalue weighted by Gasteiger charge is 2.30. The molecular formula is C23H23ClN6O3S. The minimum absolute atomic E-state index is 0.0660. The molecule has 0 unspecified atom stereocenters. The number of nitrogens with zero attached hydrogens (tertiary/aromatic N) is 3. The summed E-state index contributed by atoms with van der Waals surface area (Å²) < 4.78 is 28.1. The molecule has 34 heavy (non-hydrogen) atoms. The van der Waals surface area contributed by atoms with E-state index in [4.69, 9.17) is 22.6 Å². The van der Waals surface area contributed by atoms with Crippen LogP contribution in [0, 0.1) is 11.3 Å². The highest BCUT2D eigenvalue weighted by atomic mass is 35.5. The normalized spacial score (nSPS) is 13.8. The summed E-state index contributed by atoms with van der Waals surface area (Å²) in [5.74, 6) is -0.268. The maximum absolute atomic E-state index is 13.3. The van der Waals surface area contributed by atoms with E-state index in [0.717, 1.165) is 11.1 Å². The number of hydrogen-bond donors (Lipinski definition) is 3. The van der Waals surface area contributed by atoms with E-state index in [1.807, 2.05) is 30.3 Å². The van der Waals surface area contributed by atoms with Gasteiger partial charge in [-0.25, -0.2) is 8.42 Å². The van der Waals surface area contributed by atoms with E-state index in [0.29, 0.717) is 43.6 Å². The first-order valence-electron chi connectivity index (χ1n) is 10.7. The number of sulfonamides is 1. The van der Waals surface area contributed by atoms with Crippen LogP contribution in [0.25, 0.3) is 0 Å². The lowest BCUT2D eigenvalue weighted by Gasteiger charge is -2.28. The number of aromatic amines is 1. The van der Waals surface area contributed by atoms with Crippen LogP contribution in [-0.4, -0.2) is 41.9 Å². The van der Waals surface area contributed by atoms with Crippen LogP contribution in [0.5, 0.6) is 0 Å². The van der Waals surface area contributed by atoms with Crippen molar-refractivity contribution in [1.82, 2.24) is 19.8 Å². The number of fused-ring (bicyclic) bond motifs is 1. The van der Waals surface area contributed by atoms with Crippen molar-refractivity contribution in [3.05, 3.63) is 75.4 Å². The maximum atomic E-state index is 13.3. The highest BCUT2D eigenvalue weighted by molar-refractivity contribution is 7.89. The number of benzene rings is 2. The number of aromatic nitrogens is 2. The van der Waals surface area contributed by atoms with E-state index < -0.39 is 15.9 Å². The Bertz CT molecular complexity index is 1380. The number of carbonyl (C=O) groups is 1. The van der Waals surface area contributed by atoms with E-state index >= 15 is 0 Å². The molecule has 0 bridgehead atoms. The summed E-state index contributed by atoms with van der Waals surface area (Å²) in [4.78, 5) is 12.6. The fourth-order valence-electron chi connectivity index (χ4n) is 3.93. The first-order valence-corrected chi connectivity index (χ1v) is 12.5. The number of amides is 1. The number of aryl methyl sites for hydroxylation is 1. The SMILES string of the molecule is N#Cc1c(N)n[nH]c1CCCNC(=O)c1ccc(Cl)c(S(=O)(=O)N2CCc3ccccc3C2)c1. The Labute approximate surface area is 202 Å². The lowest BCUT2D eigenvalue weighted by atomic mass is 10.0. The van der Waals surface area contributed by atoms with E-state index in [1.54, 1.807) is 0 Å². The Kier molecular flexibility index (Phi) is 6.88. The zero-order valence-electron chi connectivity index (χ0n) is 18.2. The molecule has 0 radical (unpaired) electrons. The van der Waals surface area contributed by atoms with Crippen molar-refractivity contribution in [2.45, 2.75) is 30.7 Å². The summed E-state index contributed by atoms with van der Waals surface area (Å²) in [6, 6.07) is 14.0. The predicted octanol–water partition coefficient (Wildman–Crippen LogP) is 2.63. The molecule has 2 aromatic carbocycles. The summed E-state index contributed by atoms with van der Waals surface area (Å²) in [7, 11) is -3.89. The number of nitriles is 1. The second kappa shape index (κ2) is 9.85. The van der Waals surface area contributed by atoms with Gasteiger partial charge in [0.1, 0.15) is 16.5 Å². The van der Waals surface area contributed by atoms with Crippen LogP contribution in [-0.2, 0) is 29.4 Å². The molecule has 1 amide bonds. The number of anilines is 1. The molecule has 2 heterocycles. The van der Waals surface area contributed by atoms with Gasteiger partial charge in [-0.1, -0.05) is 35.9 Å². The summed E-state index contributed by atoms with van der Waals surface area (Å²) in [5.41, 5.74) is 8.82. The third kappa shape index (κ3) is 4.77. The molecule has 4 rings (SSSR count). The monoisotopic (exact) mass is 498 g/mol. The van der Waals surface area contributed by atoms with Crippen LogP contribution < -0.4 is 11.1 Å². The summed E-state index contributed by atoms with van der Waals surface area (Å²) >= 11 is 6.25. The molecule has 0 saturated heterocycles. The van der Waals surface area contributed by atoms with Gasteiger partial charge in [0.25, 0.3) is 5.91 Å². The zero-order chi connectivity index (χ0) is 24.3. The number of nitrogen functional groups attached to an aromatic ring is 1. The Morgan fingerprint density at radius 2 is 2.03 bits per heavy atom. The number of rotatable bonds is 7. The largest absolute Gasteiger partial charge is 0.381 e. The van der Waals surface area contributed by atoms with Crippen LogP contribution >= 0.6 is 11.6 Å². The molecule has 0 aliphatic carbocycles. The summed E-state index contributed by atoms with van der Waals surface area (Å²) in [6.07, 6.45) is 1.63. The molecule has 0 spiro atoms. The Morgan fingerprint density at radius 3 is 2.79 bits per heavy atom. The average Bonchev–Trinajstić information content (AvgIpc) is 3.20. The van der Waals surface area contributed by atoms with Crippen molar-refractivity contribution in [2.75, 3.05) is 18.8 Å². The first-order chi connectivity index (χ1) is 16.3. The zero-order valence-corrected chi connectivity index (χ0v) is 19.8. The van der Waals surface area contributed by atoms with Gasteiger partial charge in [-0.05, 0) is 48.6 Å². The molecule has 9 nitrogen and oxygen atoms in total. The molecule has 4 N–H and O–H groups in total. The van der Waals surface area contributed by atoms with Gasteiger partial charge in [0, 0.05) is 25.2 Å². The van der Waals surface area contributed by atoms with Crippen molar-refractivity contribution >= 4 is 33.3 Å². The van der Waals surface area contributed by atoms with Gasteiger partial charge >= 0.3 is 0 Å². The quantitative estimate of drug-likeness (QED) is 0.427. The molecule has 3 aromatic rings. The minimum Gasteiger partial charge on any atom is -0.381 e. The van der Waals surface area contributed by atoms with Gasteiger partial charge in [-0.3, -0.25) is 9.89 Å². The van der Waals surface area contributed by atoms with E-state index in [9.17, 15) is 13.2 Å². The number of nitrogens with one attached hydrogen (secondary N) is 2. The van der Waals surface area contributed by atoms with Gasteiger partial charge in [-0.15, -0.1) is 0 Å². The molecule has 176 valence electrons. The number of nitrogens with two attached hydrogens (primary N) is 1. The maximum Gasteiger partial charge on any atom is 0.251 e. The Morgan fingerprint density at radius 1 is 1.26 bits per heavy atom. The van der Waals surface area contributed by atoms with Gasteiger partial charge in [0.15, 0.2) is 5.82 Å². The van der Waals surface area contributed by atoms with Gasteiger partial charge in [0.2, 0.25) is 10.0 Å². The van der Waals surface area contributed by atoms with Crippen molar-refractivity contribution < 1.29 is 13.2 Å². The van der Waals surface area contributed by atoms with Crippen LogP contribution in [0.1, 0.15) is 39.2 Å². The first kappa shape index (κ1) is 23.8. The van der Waals surface area contributed by atoms with E-state index in [1.165, 1.54) is 22.5 Å². The lowest BCUT2D eigenvalue weighted by Crippen LogP contribution is -2.36. The summed E-state index contributed by atoms with van der Waals surface area (Å²) in [6.45, 7) is 0.916. The smallest absolute Gasteiger partial charge is 0.251 e. The minimum atomic E-state index is -3.89. The van der Waals surface area contributed by atoms with Gasteiger partial charge in [-0.2, -0.15) is 14.7 Å². The summed E-state index contributed by atoms with van der Waals surface area (Å²) in [5, 5.41) is 18.5. The number of carbonyl (C=O) groups excluding carboxylic acids is 1. The topological polar surface area (TPSA) is 145 Å².